The van der Waals surface area contributed by atoms with Gasteiger partial charge in [0.25, 0.3) is 0 Å². The predicted molar refractivity (Wildman–Crippen MR) is 78.4 cm³/mol. The summed E-state index contributed by atoms with van der Waals surface area (Å²) in [6.07, 6.45) is 1.01. The Balaban J connectivity index is 2.84. The lowest BCUT2D eigenvalue weighted by molar-refractivity contribution is 0.348. The van der Waals surface area contributed by atoms with Crippen molar-refractivity contribution in [2.75, 3.05) is 13.2 Å². The molecule has 0 aliphatic heterocycles. The van der Waals surface area contributed by atoms with E-state index in [1.807, 2.05) is 18.2 Å². The van der Waals surface area contributed by atoms with Crippen molar-refractivity contribution in [2.24, 2.45) is 0 Å². The Hall–Kier alpha value is -0.700. The van der Waals surface area contributed by atoms with Gasteiger partial charge in [-0.05, 0) is 19.0 Å². The number of nitrogens with one attached hydrogen (secondary N) is 1. The molecule has 0 spiro atoms. The van der Waals surface area contributed by atoms with E-state index in [2.05, 4.69) is 25.2 Å². The van der Waals surface area contributed by atoms with E-state index in [4.69, 9.17) is 27.9 Å². The Morgan fingerprint density at radius 3 is 2.72 bits per heavy atom. The molecule has 0 aliphatic rings. The van der Waals surface area contributed by atoms with E-state index in [9.17, 15) is 0 Å². The van der Waals surface area contributed by atoms with Crippen molar-refractivity contribution in [3.8, 4) is 5.75 Å². The molecule has 0 fully saturated rings. The zero-order chi connectivity index (χ0) is 13.4. The first-order valence-corrected chi connectivity index (χ1v) is 6.94. The molecule has 0 saturated carbocycles. The van der Waals surface area contributed by atoms with Crippen molar-refractivity contribution >= 4 is 23.2 Å². The third-order valence-electron chi connectivity index (χ3n) is 2.64. The second-order valence-electron chi connectivity index (χ2n) is 3.90. The van der Waals surface area contributed by atoms with Gasteiger partial charge in [-0.15, -0.1) is 0 Å². The number of benzene rings is 1. The van der Waals surface area contributed by atoms with Crippen LogP contribution >= 0.6 is 23.2 Å². The SMILES string of the molecule is CCNC(CC)c1ccccc1OCC(Cl)=CCl. The maximum absolute atomic E-state index is 5.83. The molecule has 0 aromatic heterocycles. The molecule has 4 heteroatoms. The number of hydrogen-bond acceptors (Lipinski definition) is 2. The number of ether oxygens (including phenoxy) is 1. The number of hydrogen-bond donors (Lipinski definition) is 1. The fourth-order valence-corrected chi connectivity index (χ4v) is 1.92. The van der Waals surface area contributed by atoms with Crippen molar-refractivity contribution in [1.82, 2.24) is 5.32 Å². The molecule has 0 amide bonds. The summed E-state index contributed by atoms with van der Waals surface area (Å²) in [7, 11) is 0. The first-order valence-electron chi connectivity index (χ1n) is 6.12. The van der Waals surface area contributed by atoms with Crippen molar-refractivity contribution in [3.05, 3.63) is 40.4 Å². The average Bonchev–Trinajstić information content (AvgIpc) is 2.42. The molecule has 1 aromatic rings. The van der Waals surface area contributed by atoms with E-state index in [1.165, 1.54) is 5.54 Å². The van der Waals surface area contributed by atoms with E-state index in [-0.39, 0.29) is 0 Å². The Morgan fingerprint density at radius 1 is 1.39 bits per heavy atom. The summed E-state index contributed by atoms with van der Waals surface area (Å²) in [5.74, 6) is 0.849. The van der Waals surface area contributed by atoms with Gasteiger partial charge in [-0.1, -0.05) is 55.2 Å². The van der Waals surface area contributed by atoms with Gasteiger partial charge in [0.05, 0.1) is 5.03 Å². The first-order chi connectivity index (χ1) is 8.72. The van der Waals surface area contributed by atoms with Crippen LogP contribution in [0.1, 0.15) is 31.9 Å². The molecule has 1 unspecified atom stereocenters. The molecule has 0 aliphatic carbocycles. The molecule has 0 radical (unpaired) electrons. The monoisotopic (exact) mass is 287 g/mol. The van der Waals surface area contributed by atoms with E-state index in [0.717, 1.165) is 24.3 Å². The van der Waals surface area contributed by atoms with Crippen LogP contribution in [-0.4, -0.2) is 13.2 Å². The van der Waals surface area contributed by atoms with Crippen molar-refractivity contribution in [2.45, 2.75) is 26.3 Å². The lowest BCUT2D eigenvalue weighted by atomic mass is 10.0. The highest BCUT2D eigenvalue weighted by atomic mass is 35.5. The minimum absolute atomic E-state index is 0.296. The van der Waals surface area contributed by atoms with Gasteiger partial charge in [-0.25, -0.2) is 0 Å². The molecule has 0 heterocycles. The summed E-state index contributed by atoms with van der Waals surface area (Å²) < 4.78 is 5.69. The van der Waals surface area contributed by atoms with E-state index in [0.29, 0.717) is 17.7 Å². The number of rotatable bonds is 7. The molecule has 0 saturated heterocycles. The van der Waals surface area contributed by atoms with Crippen LogP contribution in [0.4, 0.5) is 0 Å². The van der Waals surface area contributed by atoms with Crippen LogP contribution in [0.5, 0.6) is 5.75 Å². The highest BCUT2D eigenvalue weighted by Crippen LogP contribution is 2.27. The third-order valence-corrected chi connectivity index (χ3v) is 3.23. The summed E-state index contributed by atoms with van der Waals surface area (Å²) in [4.78, 5) is 0. The molecule has 18 heavy (non-hydrogen) atoms. The topological polar surface area (TPSA) is 21.3 Å². The van der Waals surface area contributed by atoms with Crippen LogP contribution in [0.15, 0.2) is 34.8 Å². The van der Waals surface area contributed by atoms with Gasteiger partial charge < -0.3 is 10.1 Å². The number of para-hydroxylation sites is 1. The van der Waals surface area contributed by atoms with Gasteiger partial charge >= 0.3 is 0 Å². The quantitative estimate of drug-likeness (QED) is 0.800. The van der Waals surface area contributed by atoms with E-state index in [1.54, 1.807) is 0 Å². The summed E-state index contributed by atoms with van der Waals surface area (Å²) in [6.45, 7) is 5.47. The maximum Gasteiger partial charge on any atom is 0.125 e. The van der Waals surface area contributed by atoms with Crippen LogP contribution in [0, 0.1) is 0 Å². The molecule has 1 rings (SSSR count). The zero-order valence-corrected chi connectivity index (χ0v) is 12.3. The van der Waals surface area contributed by atoms with Gasteiger partial charge in [0, 0.05) is 17.1 Å². The third kappa shape index (κ3) is 4.52. The van der Waals surface area contributed by atoms with Gasteiger partial charge in [-0.3, -0.25) is 0 Å². The first kappa shape index (κ1) is 15.4. The van der Waals surface area contributed by atoms with E-state index < -0.39 is 0 Å². The van der Waals surface area contributed by atoms with Gasteiger partial charge in [0.15, 0.2) is 0 Å². The zero-order valence-electron chi connectivity index (χ0n) is 10.7. The Bertz CT molecular complexity index is 393. The van der Waals surface area contributed by atoms with Crippen LogP contribution in [0.2, 0.25) is 0 Å². The summed E-state index contributed by atoms with van der Waals surface area (Å²) >= 11 is 11.3. The second kappa shape index (κ2) is 8.41. The Morgan fingerprint density at radius 2 is 2.11 bits per heavy atom. The molecule has 1 atom stereocenters. The van der Waals surface area contributed by atoms with Crippen molar-refractivity contribution < 1.29 is 4.74 Å². The van der Waals surface area contributed by atoms with Crippen molar-refractivity contribution in [3.63, 3.8) is 0 Å². The second-order valence-corrected chi connectivity index (χ2v) is 4.60. The minimum Gasteiger partial charge on any atom is -0.488 e. The van der Waals surface area contributed by atoms with Gasteiger partial charge in [-0.2, -0.15) is 0 Å². The predicted octanol–water partition coefficient (Wildman–Crippen LogP) is 4.45. The van der Waals surface area contributed by atoms with Crippen LogP contribution < -0.4 is 10.1 Å². The fraction of sp³-hybridized carbons (Fsp3) is 0.429. The highest BCUT2D eigenvalue weighted by Gasteiger charge is 2.13. The van der Waals surface area contributed by atoms with E-state index >= 15 is 0 Å². The standard InChI is InChI=1S/C14H19Cl2NO/c1-3-13(17-4-2)12-7-5-6-8-14(12)18-10-11(16)9-15/h5-9,13,17H,3-4,10H2,1-2H3. The molecule has 2 nitrogen and oxygen atoms in total. The molecule has 100 valence electrons. The molecule has 1 aromatic carbocycles. The summed E-state index contributed by atoms with van der Waals surface area (Å²) in [5.41, 5.74) is 2.48. The van der Waals surface area contributed by atoms with Gasteiger partial charge in [0.1, 0.15) is 12.4 Å². The van der Waals surface area contributed by atoms with Gasteiger partial charge in [0.2, 0.25) is 0 Å². The molecule has 0 bridgehead atoms. The number of halogens is 2. The lowest BCUT2D eigenvalue weighted by Gasteiger charge is -2.19. The van der Waals surface area contributed by atoms with Crippen molar-refractivity contribution in [1.29, 1.82) is 0 Å². The van der Waals surface area contributed by atoms with Crippen LogP contribution in [-0.2, 0) is 0 Å². The smallest absolute Gasteiger partial charge is 0.125 e. The molecular weight excluding hydrogens is 269 g/mol. The van der Waals surface area contributed by atoms with Crippen LogP contribution in [0.25, 0.3) is 0 Å². The average molecular weight is 288 g/mol. The normalized spacial score (nSPS) is 13.4. The molecular formula is C14H19Cl2NO. The largest absolute Gasteiger partial charge is 0.488 e. The van der Waals surface area contributed by atoms with Crippen LogP contribution in [0.3, 0.4) is 0 Å². The molecule has 1 N–H and O–H groups in total. The summed E-state index contributed by atoms with van der Waals surface area (Å²) in [6, 6.07) is 8.29. The Kier molecular flexibility index (Phi) is 7.18. The highest BCUT2D eigenvalue weighted by molar-refractivity contribution is 6.36. The minimum atomic E-state index is 0.296. The maximum atomic E-state index is 5.83. The Labute approximate surface area is 119 Å². The lowest BCUT2D eigenvalue weighted by Crippen LogP contribution is -2.20. The fourth-order valence-electron chi connectivity index (χ4n) is 1.80. The summed E-state index contributed by atoms with van der Waals surface area (Å²) in [5, 5.41) is 3.93.